The van der Waals surface area contributed by atoms with Crippen LogP contribution in [0.4, 0.5) is 0 Å². The monoisotopic (exact) mass is 542 g/mol. The molecule has 11 heteroatoms. The minimum atomic E-state index is -0.882. The molecule has 1 aliphatic rings. The van der Waals surface area contributed by atoms with Crippen molar-refractivity contribution >= 4 is 48.8 Å². The highest BCUT2D eigenvalue weighted by Gasteiger charge is 2.31. The molecule has 4 atom stereocenters. The summed E-state index contributed by atoms with van der Waals surface area (Å²) in [6.45, 7) is 8.11. The van der Waals surface area contributed by atoms with E-state index in [9.17, 15) is 19.2 Å². The van der Waals surface area contributed by atoms with Crippen molar-refractivity contribution in [2.24, 2.45) is 17.6 Å². The lowest BCUT2D eigenvalue weighted by atomic mass is 9.88. The van der Waals surface area contributed by atoms with Gasteiger partial charge in [0.1, 0.15) is 17.9 Å². The highest BCUT2D eigenvalue weighted by Crippen LogP contribution is 2.18. The van der Waals surface area contributed by atoms with E-state index in [1.807, 2.05) is 19.9 Å². The third-order valence-electron chi connectivity index (χ3n) is 5.86. The van der Waals surface area contributed by atoms with Crippen molar-refractivity contribution in [3.8, 4) is 0 Å². The molecule has 0 unspecified atom stereocenters. The molecule has 5 N–H and O–H groups in total. The first-order chi connectivity index (χ1) is 17.1. The standard InChI is InChI=1S/C25H42N4O5S2/c1-16(2)19-13-22(30)21(15-36)29-25(33)20(9-4-6-10-26)28-23(31)12-18(8-5-7-11-35)34-17(3)14-27-24(19)32/h5,8,16,18-21,35-36H,3-4,6-7,9-15,26H2,1-2H3,(H,27,32)(H,28,31)(H,29,33)/b8-5+/t18-,19-,20-,21-/m1/s1. The number of unbranched alkanes of at least 4 members (excludes halogenated alkanes) is 1. The van der Waals surface area contributed by atoms with Gasteiger partial charge in [0.25, 0.3) is 0 Å². The first-order valence-electron chi connectivity index (χ1n) is 12.5. The van der Waals surface area contributed by atoms with Gasteiger partial charge >= 0.3 is 0 Å². The van der Waals surface area contributed by atoms with Crippen LogP contribution in [0.2, 0.25) is 0 Å². The predicted molar refractivity (Wildman–Crippen MR) is 148 cm³/mol. The Labute approximate surface area is 225 Å². The van der Waals surface area contributed by atoms with Gasteiger partial charge in [0, 0.05) is 18.1 Å². The molecule has 0 spiro atoms. The van der Waals surface area contributed by atoms with E-state index in [0.29, 0.717) is 38.0 Å². The maximum Gasteiger partial charge on any atom is 0.243 e. The lowest BCUT2D eigenvalue weighted by Gasteiger charge is -2.26. The molecule has 204 valence electrons. The molecular formula is C25H42N4O5S2. The Morgan fingerprint density at radius 3 is 2.42 bits per heavy atom. The Kier molecular flexibility index (Phi) is 15.6. The second-order valence-electron chi connectivity index (χ2n) is 9.23. The maximum atomic E-state index is 13.1. The molecule has 1 aliphatic heterocycles. The number of allylic oxidation sites excluding steroid dienone is 1. The van der Waals surface area contributed by atoms with E-state index in [0.717, 1.165) is 0 Å². The molecule has 1 fully saturated rings. The van der Waals surface area contributed by atoms with E-state index in [1.165, 1.54) is 0 Å². The highest BCUT2D eigenvalue weighted by molar-refractivity contribution is 7.80. The Hall–Kier alpha value is -1.98. The Morgan fingerprint density at radius 2 is 1.81 bits per heavy atom. The van der Waals surface area contributed by atoms with Crippen LogP contribution in [0, 0.1) is 11.8 Å². The van der Waals surface area contributed by atoms with Crippen LogP contribution in [0.1, 0.15) is 52.4 Å². The van der Waals surface area contributed by atoms with E-state index in [4.69, 9.17) is 10.5 Å². The third-order valence-corrected chi connectivity index (χ3v) is 6.48. The van der Waals surface area contributed by atoms with Gasteiger partial charge in [-0.3, -0.25) is 19.2 Å². The zero-order valence-corrected chi connectivity index (χ0v) is 23.1. The molecule has 3 amide bonds. The smallest absolute Gasteiger partial charge is 0.243 e. The van der Waals surface area contributed by atoms with Crippen molar-refractivity contribution in [3.63, 3.8) is 0 Å². The molecule has 1 saturated heterocycles. The maximum absolute atomic E-state index is 13.1. The van der Waals surface area contributed by atoms with E-state index in [-0.39, 0.29) is 54.4 Å². The van der Waals surface area contributed by atoms with E-state index in [1.54, 1.807) is 6.08 Å². The number of rotatable bonds is 9. The summed E-state index contributed by atoms with van der Waals surface area (Å²) in [4.78, 5) is 51.9. The summed E-state index contributed by atoms with van der Waals surface area (Å²) in [5.74, 6) is -1.18. The first-order valence-corrected chi connectivity index (χ1v) is 13.7. The predicted octanol–water partition coefficient (Wildman–Crippen LogP) is 1.54. The van der Waals surface area contributed by atoms with E-state index >= 15 is 0 Å². The topological polar surface area (TPSA) is 140 Å². The van der Waals surface area contributed by atoms with Crippen LogP contribution in [0.3, 0.4) is 0 Å². The van der Waals surface area contributed by atoms with E-state index in [2.05, 4.69) is 47.8 Å². The fourth-order valence-corrected chi connectivity index (χ4v) is 4.18. The van der Waals surface area contributed by atoms with Gasteiger partial charge in [-0.2, -0.15) is 25.3 Å². The third kappa shape index (κ3) is 11.8. The van der Waals surface area contributed by atoms with Gasteiger partial charge in [-0.1, -0.05) is 26.5 Å². The van der Waals surface area contributed by atoms with E-state index < -0.39 is 30.0 Å². The van der Waals surface area contributed by atoms with Gasteiger partial charge in [-0.25, -0.2) is 0 Å². The van der Waals surface area contributed by atoms with Gasteiger partial charge in [0.15, 0.2) is 5.78 Å². The van der Waals surface area contributed by atoms with Crippen LogP contribution < -0.4 is 21.7 Å². The molecular weight excluding hydrogens is 500 g/mol. The van der Waals surface area contributed by atoms with Crippen LogP contribution in [0.25, 0.3) is 0 Å². The quantitative estimate of drug-likeness (QED) is 0.148. The summed E-state index contributed by atoms with van der Waals surface area (Å²) < 4.78 is 5.85. The second kappa shape index (κ2) is 17.5. The van der Waals surface area contributed by atoms with Crippen LogP contribution in [-0.2, 0) is 23.9 Å². The zero-order chi connectivity index (χ0) is 27.1. The molecule has 0 bridgehead atoms. The van der Waals surface area contributed by atoms with Crippen molar-refractivity contribution < 1.29 is 23.9 Å². The summed E-state index contributed by atoms with van der Waals surface area (Å²) in [6.07, 6.45) is 5.24. The van der Waals surface area contributed by atoms with Crippen LogP contribution in [-0.4, -0.2) is 66.3 Å². The summed E-state index contributed by atoms with van der Waals surface area (Å²) >= 11 is 8.44. The molecule has 0 aromatic carbocycles. The summed E-state index contributed by atoms with van der Waals surface area (Å²) in [6, 6.07) is -1.73. The summed E-state index contributed by atoms with van der Waals surface area (Å²) in [5.41, 5.74) is 5.59. The van der Waals surface area contributed by atoms with Crippen LogP contribution in [0.5, 0.6) is 0 Å². The fraction of sp³-hybridized carbons (Fsp3) is 0.680. The van der Waals surface area contributed by atoms with Crippen molar-refractivity contribution in [3.05, 3.63) is 24.5 Å². The molecule has 9 nitrogen and oxygen atoms in total. The Bertz CT molecular complexity index is 790. The molecule has 0 aliphatic carbocycles. The van der Waals surface area contributed by atoms with Crippen molar-refractivity contribution in [1.82, 2.24) is 16.0 Å². The van der Waals surface area contributed by atoms with Crippen molar-refractivity contribution in [2.45, 2.75) is 70.6 Å². The van der Waals surface area contributed by atoms with Gasteiger partial charge in [-0.15, -0.1) is 0 Å². The molecule has 0 aromatic rings. The average Bonchev–Trinajstić information content (AvgIpc) is 2.82. The molecule has 36 heavy (non-hydrogen) atoms. The number of nitrogens with two attached hydrogens (primary N) is 1. The van der Waals surface area contributed by atoms with Crippen LogP contribution >= 0.6 is 25.3 Å². The number of thiol groups is 2. The van der Waals surface area contributed by atoms with Gasteiger partial charge in [-0.05, 0) is 50.0 Å². The molecule has 1 rings (SSSR count). The number of ether oxygens (including phenoxy) is 1. The molecule has 0 saturated carbocycles. The number of carbonyl (C=O) groups excluding carboxylic acids is 4. The number of amides is 3. The van der Waals surface area contributed by atoms with Crippen molar-refractivity contribution in [2.75, 3.05) is 24.6 Å². The molecule has 0 aromatic heterocycles. The number of nitrogens with one attached hydrogen (secondary N) is 3. The number of hydrogen-bond acceptors (Lipinski definition) is 8. The summed E-state index contributed by atoms with van der Waals surface area (Å²) in [5, 5.41) is 8.27. The minimum absolute atomic E-state index is 0.0449. The minimum Gasteiger partial charge on any atom is -0.489 e. The molecule has 1 heterocycles. The fourth-order valence-electron chi connectivity index (χ4n) is 3.73. The Morgan fingerprint density at radius 1 is 1.08 bits per heavy atom. The van der Waals surface area contributed by atoms with Gasteiger partial charge in [0.05, 0.1) is 19.0 Å². The number of Topliss-reactive ketones (excluding diaryl/α,β-unsaturated/α-hetero) is 1. The van der Waals surface area contributed by atoms with Gasteiger partial charge in [0.2, 0.25) is 17.7 Å². The van der Waals surface area contributed by atoms with Crippen LogP contribution in [0.15, 0.2) is 24.5 Å². The lowest BCUT2D eigenvalue weighted by molar-refractivity contribution is -0.134. The zero-order valence-electron chi connectivity index (χ0n) is 21.3. The number of ketones is 1. The normalized spacial score (nSPS) is 25.4. The lowest BCUT2D eigenvalue weighted by Crippen LogP contribution is -2.53. The van der Waals surface area contributed by atoms with Crippen molar-refractivity contribution in [1.29, 1.82) is 0 Å². The summed E-state index contributed by atoms with van der Waals surface area (Å²) in [7, 11) is 0. The molecule has 0 radical (unpaired) electrons. The first kappa shape index (κ1) is 32.0. The average molecular weight is 543 g/mol. The second-order valence-corrected chi connectivity index (χ2v) is 10.0. The number of hydrogen-bond donors (Lipinski definition) is 6. The largest absolute Gasteiger partial charge is 0.489 e. The van der Waals surface area contributed by atoms with Gasteiger partial charge < -0.3 is 26.4 Å². The Balaban J connectivity index is 3.25. The highest BCUT2D eigenvalue weighted by atomic mass is 32.1. The SMILES string of the molecule is C=C1CNC(=O)[C@@H](C(C)C)CC(=O)[C@@H](CS)NC(=O)[C@@H](CCCCN)NC(=O)C[C@@H](/C=C/CCS)O1. The number of carbonyl (C=O) groups is 4.